The van der Waals surface area contributed by atoms with E-state index in [-0.39, 0.29) is 9.03 Å². The fraction of sp³-hybridized carbons (Fsp3) is 1.00. The second kappa shape index (κ2) is 9.36. The molecule has 0 saturated carbocycles. The molecule has 0 saturated heterocycles. The lowest BCUT2D eigenvalue weighted by Gasteiger charge is -2.15. The Morgan fingerprint density at radius 1 is 1.00 bits per heavy atom. The molecule has 4 nitrogen and oxygen atoms in total. The summed E-state index contributed by atoms with van der Waals surface area (Å²) in [5.41, 5.74) is 0. The molecule has 0 aromatic carbocycles. The summed E-state index contributed by atoms with van der Waals surface area (Å²) in [6, 6.07) is 0. The second-order valence-corrected chi connectivity index (χ2v) is 2.52. The summed E-state index contributed by atoms with van der Waals surface area (Å²) in [6.07, 6.45) is 0. The molecule has 0 aromatic heterocycles. The summed E-state index contributed by atoms with van der Waals surface area (Å²) >= 11 is 0. The van der Waals surface area contributed by atoms with Crippen LogP contribution in [-0.4, -0.2) is 26.3 Å². The first-order valence-corrected chi connectivity index (χ1v) is 4.92. The predicted molar refractivity (Wildman–Crippen MR) is 48.1 cm³/mol. The Hall–Kier alpha value is 0.270. The van der Waals surface area contributed by atoms with E-state index in [0.717, 1.165) is 0 Å². The largest absolute Gasteiger partial charge is 0.336 e. The van der Waals surface area contributed by atoms with E-state index in [1.54, 1.807) is 0 Å². The van der Waals surface area contributed by atoms with E-state index >= 15 is 0 Å². The molecule has 0 aliphatic heterocycles. The van der Waals surface area contributed by atoms with Crippen LogP contribution in [-0.2, 0) is 18.5 Å². The topological polar surface area (TPSA) is 36.9 Å². The smallest absolute Gasteiger partial charge is 0.276 e. The third kappa shape index (κ3) is 6.95. The average molecular weight is 196 g/mol. The third-order valence-electron chi connectivity index (χ3n) is 0.953. The van der Waals surface area contributed by atoms with Gasteiger partial charge in [0.15, 0.2) is 9.03 Å². The van der Waals surface area contributed by atoms with Gasteiger partial charge in [0.1, 0.15) is 0 Å². The Balaban J connectivity index is 3.34. The second-order valence-electron chi connectivity index (χ2n) is 1.83. The van der Waals surface area contributed by atoms with Gasteiger partial charge in [-0.2, -0.15) is 0 Å². The van der Waals surface area contributed by atoms with Crippen LogP contribution in [0, 0.1) is 0 Å². The van der Waals surface area contributed by atoms with Gasteiger partial charge in [0, 0.05) is 13.2 Å². The molecular formula is C7H17O4P. The van der Waals surface area contributed by atoms with Gasteiger partial charge in [0.05, 0.1) is 6.61 Å². The lowest BCUT2D eigenvalue weighted by Crippen LogP contribution is -2.17. The van der Waals surface area contributed by atoms with Crippen LogP contribution >= 0.6 is 9.03 Å². The van der Waals surface area contributed by atoms with Crippen molar-refractivity contribution in [2.24, 2.45) is 0 Å². The maximum absolute atomic E-state index is 5.12. The Kier molecular flexibility index (Phi) is 9.57. The van der Waals surface area contributed by atoms with Crippen molar-refractivity contribution >= 4 is 9.03 Å². The highest BCUT2D eigenvalue weighted by atomic mass is 31.1. The summed E-state index contributed by atoms with van der Waals surface area (Å²) in [5.74, 6) is 0. The Bertz CT molecular complexity index is 85.5. The number of rotatable bonds is 8. The van der Waals surface area contributed by atoms with Gasteiger partial charge in [-0.05, 0) is 20.8 Å². The fourth-order valence-electron chi connectivity index (χ4n) is 0.521. The van der Waals surface area contributed by atoms with Crippen LogP contribution in [0.4, 0.5) is 0 Å². The van der Waals surface area contributed by atoms with Crippen molar-refractivity contribution in [1.29, 1.82) is 0 Å². The van der Waals surface area contributed by atoms with Crippen LogP contribution in [0.5, 0.6) is 0 Å². The molecule has 0 aromatic rings. The van der Waals surface area contributed by atoms with Crippen molar-refractivity contribution in [1.82, 2.24) is 0 Å². The van der Waals surface area contributed by atoms with E-state index in [0.29, 0.717) is 19.8 Å². The molecule has 5 heteroatoms. The first kappa shape index (κ1) is 12.3. The first-order valence-electron chi connectivity index (χ1n) is 4.10. The maximum Gasteiger partial charge on any atom is 0.276 e. The van der Waals surface area contributed by atoms with E-state index in [2.05, 4.69) is 0 Å². The molecule has 1 unspecified atom stereocenters. The quantitative estimate of drug-likeness (QED) is 0.337. The van der Waals surface area contributed by atoms with Crippen molar-refractivity contribution in [3.8, 4) is 0 Å². The van der Waals surface area contributed by atoms with Gasteiger partial charge in [0.25, 0.3) is 6.48 Å². The van der Waals surface area contributed by atoms with Gasteiger partial charge in [-0.15, -0.1) is 0 Å². The van der Waals surface area contributed by atoms with E-state index in [1.807, 2.05) is 20.8 Å². The van der Waals surface area contributed by atoms with Gasteiger partial charge in [0.2, 0.25) is 0 Å². The molecule has 0 amide bonds. The molecule has 0 heterocycles. The van der Waals surface area contributed by atoms with Crippen LogP contribution in [0.15, 0.2) is 0 Å². The minimum Gasteiger partial charge on any atom is -0.336 e. The molecule has 0 radical (unpaired) electrons. The standard InChI is InChI=1S/C7H17O4P/c1-4-8-7(9-5-2)11-12-10-6-3/h7,12H,4-6H2,1-3H3. The number of hydrogen-bond donors (Lipinski definition) is 0. The van der Waals surface area contributed by atoms with E-state index < -0.39 is 6.48 Å². The van der Waals surface area contributed by atoms with Crippen molar-refractivity contribution in [2.45, 2.75) is 27.2 Å². The highest BCUT2D eigenvalue weighted by Gasteiger charge is 2.06. The van der Waals surface area contributed by atoms with E-state index in [1.165, 1.54) is 0 Å². The van der Waals surface area contributed by atoms with Crippen LogP contribution < -0.4 is 0 Å². The SMILES string of the molecule is CCOPOC(OCC)OCC. The van der Waals surface area contributed by atoms with Gasteiger partial charge in [-0.25, -0.2) is 0 Å². The number of ether oxygens (including phenoxy) is 2. The highest BCUT2D eigenvalue weighted by molar-refractivity contribution is 7.26. The summed E-state index contributed by atoms with van der Waals surface area (Å²) in [7, 11) is -0.0178. The van der Waals surface area contributed by atoms with Crippen molar-refractivity contribution in [3.63, 3.8) is 0 Å². The Labute approximate surface area is 75.5 Å². The molecule has 0 N–H and O–H groups in total. The molecule has 0 fully saturated rings. The van der Waals surface area contributed by atoms with Gasteiger partial charge in [-0.3, -0.25) is 4.52 Å². The number of hydrogen-bond acceptors (Lipinski definition) is 4. The zero-order valence-electron chi connectivity index (χ0n) is 7.83. The minimum absolute atomic E-state index is 0.0178. The predicted octanol–water partition coefficient (Wildman–Crippen LogP) is 1.90. The van der Waals surface area contributed by atoms with Crippen LogP contribution in [0.2, 0.25) is 0 Å². The molecule has 12 heavy (non-hydrogen) atoms. The molecule has 0 aliphatic carbocycles. The van der Waals surface area contributed by atoms with Gasteiger partial charge < -0.3 is 14.0 Å². The lowest BCUT2D eigenvalue weighted by molar-refractivity contribution is -0.240. The van der Waals surface area contributed by atoms with Crippen LogP contribution in [0.25, 0.3) is 0 Å². The summed E-state index contributed by atoms with van der Waals surface area (Å²) in [6.45, 7) is 6.89. The van der Waals surface area contributed by atoms with Crippen molar-refractivity contribution in [2.75, 3.05) is 19.8 Å². The molecular weight excluding hydrogens is 179 g/mol. The minimum atomic E-state index is -0.579. The lowest BCUT2D eigenvalue weighted by atomic mass is 10.8. The zero-order valence-corrected chi connectivity index (χ0v) is 8.83. The van der Waals surface area contributed by atoms with Gasteiger partial charge in [-0.1, -0.05) is 0 Å². The molecule has 0 aliphatic rings. The normalized spacial score (nSPS) is 12.0. The van der Waals surface area contributed by atoms with Crippen LogP contribution in [0.1, 0.15) is 20.8 Å². The van der Waals surface area contributed by atoms with E-state index in [4.69, 9.17) is 18.5 Å². The summed E-state index contributed by atoms with van der Waals surface area (Å²) in [4.78, 5) is 0. The maximum atomic E-state index is 5.12. The van der Waals surface area contributed by atoms with Gasteiger partial charge >= 0.3 is 0 Å². The fourth-order valence-corrected chi connectivity index (χ4v) is 0.921. The monoisotopic (exact) mass is 196 g/mol. The highest BCUT2D eigenvalue weighted by Crippen LogP contribution is 2.17. The van der Waals surface area contributed by atoms with Crippen molar-refractivity contribution in [3.05, 3.63) is 0 Å². The first-order chi connectivity index (χ1) is 5.85. The summed E-state index contributed by atoms with van der Waals surface area (Å²) in [5, 5.41) is 0. The molecule has 1 atom stereocenters. The average Bonchev–Trinajstić information content (AvgIpc) is 2.06. The van der Waals surface area contributed by atoms with E-state index in [9.17, 15) is 0 Å². The third-order valence-corrected chi connectivity index (χ3v) is 1.65. The Morgan fingerprint density at radius 2 is 1.58 bits per heavy atom. The van der Waals surface area contributed by atoms with Crippen LogP contribution in [0.3, 0.4) is 0 Å². The van der Waals surface area contributed by atoms with Crippen molar-refractivity contribution < 1.29 is 18.5 Å². The molecule has 0 bridgehead atoms. The molecule has 74 valence electrons. The zero-order chi connectivity index (χ0) is 9.23. The Morgan fingerprint density at radius 3 is 2.00 bits per heavy atom. The molecule has 0 rings (SSSR count). The molecule has 0 spiro atoms. The summed E-state index contributed by atoms with van der Waals surface area (Å²) < 4.78 is 20.3.